The number of amides is 4. The van der Waals surface area contributed by atoms with Gasteiger partial charge in [0.2, 0.25) is 11.8 Å². The number of nitrogens with one attached hydrogen (secondary N) is 2. The van der Waals surface area contributed by atoms with E-state index in [4.69, 9.17) is 11.6 Å². The van der Waals surface area contributed by atoms with Crippen molar-refractivity contribution in [2.24, 2.45) is 11.8 Å². The maximum absolute atomic E-state index is 12.7. The largest absolute Gasteiger partial charge is 0.352 e. The summed E-state index contributed by atoms with van der Waals surface area (Å²) >= 11 is 5.88. The fourth-order valence-electron chi connectivity index (χ4n) is 4.07. The van der Waals surface area contributed by atoms with Gasteiger partial charge in [0.25, 0.3) is 0 Å². The van der Waals surface area contributed by atoms with Gasteiger partial charge in [-0.3, -0.25) is 14.5 Å². The van der Waals surface area contributed by atoms with E-state index < -0.39 is 0 Å². The number of hydrogen-bond acceptors (Lipinski definition) is 3. The Labute approximate surface area is 171 Å². The van der Waals surface area contributed by atoms with Crippen LogP contribution in [0.5, 0.6) is 0 Å². The van der Waals surface area contributed by atoms with Crippen LogP contribution in [-0.4, -0.2) is 35.3 Å². The van der Waals surface area contributed by atoms with Crippen LogP contribution in [0.3, 0.4) is 0 Å². The van der Waals surface area contributed by atoms with Crippen molar-refractivity contribution < 1.29 is 14.4 Å². The predicted octanol–water partition coefficient (Wildman–Crippen LogP) is 3.48. The van der Waals surface area contributed by atoms with Gasteiger partial charge in [-0.2, -0.15) is 0 Å². The number of hydrogen-bond donors (Lipinski definition) is 2. The van der Waals surface area contributed by atoms with Crippen LogP contribution in [0.4, 0.5) is 4.79 Å². The molecule has 2 N–H and O–H groups in total. The highest BCUT2D eigenvalue weighted by molar-refractivity contribution is 6.30. The molecule has 1 saturated carbocycles. The van der Waals surface area contributed by atoms with Gasteiger partial charge in [0.05, 0.1) is 5.92 Å². The lowest BCUT2D eigenvalue weighted by Crippen LogP contribution is -2.62. The quantitative estimate of drug-likeness (QED) is 0.681. The van der Waals surface area contributed by atoms with Crippen molar-refractivity contribution in [2.45, 2.75) is 58.0 Å². The van der Waals surface area contributed by atoms with Crippen LogP contribution < -0.4 is 10.6 Å². The SMILES string of the molecule is CCCCCN1C(=O)NC2CC(C(=O)NCc3ccc(Cl)cc3)CCC2C1=O. The summed E-state index contributed by atoms with van der Waals surface area (Å²) in [4.78, 5) is 39.0. The maximum Gasteiger partial charge on any atom is 0.324 e. The highest BCUT2D eigenvalue weighted by Crippen LogP contribution is 2.33. The predicted molar refractivity (Wildman–Crippen MR) is 108 cm³/mol. The third-order valence-corrected chi connectivity index (χ3v) is 5.98. The van der Waals surface area contributed by atoms with Gasteiger partial charge in [-0.05, 0) is 43.4 Å². The van der Waals surface area contributed by atoms with Crippen molar-refractivity contribution in [2.75, 3.05) is 6.54 Å². The summed E-state index contributed by atoms with van der Waals surface area (Å²) in [6.45, 7) is 3.01. The van der Waals surface area contributed by atoms with Crippen molar-refractivity contribution in [3.8, 4) is 0 Å². The number of carbonyl (C=O) groups is 3. The maximum atomic E-state index is 12.7. The van der Waals surface area contributed by atoms with Crippen molar-refractivity contribution in [1.29, 1.82) is 0 Å². The topological polar surface area (TPSA) is 78.5 Å². The van der Waals surface area contributed by atoms with Gasteiger partial charge in [-0.15, -0.1) is 0 Å². The standard InChI is InChI=1S/C21H28ClN3O3/c1-2-3-4-11-25-20(27)17-10-7-15(12-18(17)24-21(25)28)19(26)23-13-14-5-8-16(22)9-6-14/h5-6,8-9,15,17-18H,2-4,7,10-13H2,1H3,(H,23,26)(H,24,28). The van der Waals surface area contributed by atoms with Crippen LogP contribution in [0.2, 0.25) is 5.02 Å². The summed E-state index contributed by atoms with van der Waals surface area (Å²) in [5.41, 5.74) is 0.982. The average Bonchev–Trinajstić information content (AvgIpc) is 2.69. The molecule has 0 spiro atoms. The lowest BCUT2D eigenvalue weighted by atomic mass is 9.76. The molecule has 2 fully saturated rings. The fraction of sp³-hybridized carbons (Fsp3) is 0.571. The van der Waals surface area contributed by atoms with Gasteiger partial charge in [0.1, 0.15) is 0 Å². The lowest BCUT2D eigenvalue weighted by molar-refractivity contribution is -0.139. The van der Waals surface area contributed by atoms with Crippen LogP contribution in [0.25, 0.3) is 0 Å². The van der Waals surface area contributed by atoms with Crippen LogP contribution in [-0.2, 0) is 16.1 Å². The lowest BCUT2D eigenvalue weighted by Gasteiger charge is -2.42. The molecule has 6 nitrogen and oxygen atoms in total. The number of imide groups is 1. The minimum Gasteiger partial charge on any atom is -0.352 e. The molecule has 1 aromatic carbocycles. The average molecular weight is 406 g/mol. The van der Waals surface area contributed by atoms with Gasteiger partial charge >= 0.3 is 6.03 Å². The number of fused-ring (bicyclic) bond motifs is 1. The Kier molecular flexibility index (Phi) is 6.94. The molecule has 152 valence electrons. The zero-order valence-electron chi connectivity index (χ0n) is 16.2. The number of unbranched alkanes of at least 4 members (excludes halogenated alkanes) is 2. The molecule has 1 aromatic rings. The highest BCUT2D eigenvalue weighted by atomic mass is 35.5. The molecule has 3 unspecified atom stereocenters. The van der Waals surface area contributed by atoms with E-state index in [1.54, 1.807) is 12.1 Å². The van der Waals surface area contributed by atoms with Gasteiger partial charge in [0, 0.05) is 30.1 Å². The first kappa shape index (κ1) is 20.6. The van der Waals surface area contributed by atoms with Gasteiger partial charge in [-0.25, -0.2) is 4.79 Å². The number of rotatable bonds is 7. The molecule has 0 radical (unpaired) electrons. The van der Waals surface area contributed by atoms with Crippen LogP contribution in [0.15, 0.2) is 24.3 Å². The number of halogens is 1. The Morgan fingerprint density at radius 3 is 2.68 bits per heavy atom. The van der Waals surface area contributed by atoms with Crippen LogP contribution >= 0.6 is 11.6 Å². The Morgan fingerprint density at radius 2 is 1.96 bits per heavy atom. The molecule has 4 amide bonds. The summed E-state index contributed by atoms with van der Waals surface area (Å²) in [5.74, 6) is -0.502. The van der Waals surface area contributed by atoms with Gasteiger partial charge in [-0.1, -0.05) is 43.5 Å². The van der Waals surface area contributed by atoms with E-state index in [2.05, 4.69) is 17.6 Å². The minimum atomic E-state index is -0.315. The smallest absolute Gasteiger partial charge is 0.324 e. The molecule has 0 aromatic heterocycles. The minimum absolute atomic E-state index is 0.0273. The molecule has 0 bridgehead atoms. The van der Waals surface area contributed by atoms with E-state index in [0.717, 1.165) is 24.8 Å². The summed E-state index contributed by atoms with van der Waals surface area (Å²) in [6, 6.07) is 6.79. The second kappa shape index (κ2) is 9.41. The van der Waals surface area contributed by atoms with E-state index in [1.165, 1.54) is 4.90 Å². The molecule has 7 heteroatoms. The van der Waals surface area contributed by atoms with Crippen molar-refractivity contribution in [3.05, 3.63) is 34.9 Å². The summed E-state index contributed by atoms with van der Waals surface area (Å²) in [5, 5.41) is 6.58. The van der Waals surface area contributed by atoms with Gasteiger partial charge in [0.15, 0.2) is 0 Å². The molecule has 28 heavy (non-hydrogen) atoms. The summed E-state index contributed by atoms with van der Waals surface area (Å²) in [7, 11) is 0. The Morgan fingerprint density at radius 1 is 1.21 bits per heavy atom. The molecule has 2 aliphatic rings. The molecule has 1 saturated heterocycles. The normalized spacial score (nSPS) is 24.5. The Hall–Kier alpha value is -2.08. The molecule has 1 heterocycles. The Balaban J connectivity index is 1.53. The number of benzene rings is 1. The first-order chi connectivity index (χ1) is 13.5. The summed E-state index contributed by atoms with van der Waals surface area (Å²) in [6.07, 6.45) is 4.69. The summed E-state index contributed by atoms with van der Waals surface area (Å²) < 4.78 is 0. The molecule has 3 atom stereocenters. The zero-order valence-corrected chi connectivity index (χ0v) is 17.0. The second-order valence-corrected chi connectivity index (χ2v) is 8.15. The molecular weight excluding hydrogens is 378 g/mol. The zero-order chi connectivity index (χ0) is 20.1. The fourth-order valence-corrected chi connectivity index (χ4v) is 4.19. The van der Waals surface area contributed by atoms with E-state index in [0.29, 0.717) is 37.4 Å². The molecular formula is C21H28ClN3O3. The number of nitrogens with zero attached hydrogens (tertiary/aromatic N) is 1. The van der Waals surface area contributed by atoms with E-state index in [1.807, 2.05) is 12.1 Å². The monoisotopic (exact) mass is 405 g/mol. The van der Waals surface area contributed by atoms with Crippen LogP contribution in [0.1, 0.15) is 51.0 Å². The highest BCUT2D eigenvalue weighted by Gasteiger charge is 2.45. The van der Waals surface area contributed by atoms with Crippen LogP contribution in [0, 0.1) is 11.8 Å². The first-order valence-corrected chi connectivity index (χ1v) is 10.5. The molecule has 1 aliphatic heterocycles. The van der Waals surface area contributed by atoms with Gasteiger partial charge < -0.3 is 10.6 Å². The van der Waals surface area contributed by atoms with Crippen molar-refractivity contribution in [1.82, 2.24) is 15.5 Å². The molecule has 3 rings (SSSR count). The first-order valence-electron chi connectivity index (χ1n) is 10.1. The molecule has 1 aliphatic carbocycles. The number of carbonyl (C=O) groups excluding carboxylic acids is 3. The van der Waals surface area contributed by atoms with E-state index in [9.17, 15) is 14.4 Å². The van der Waals surface area contributed by atoms with Crippen molar-refractivity contribution in [3.63, 3.8) is 0 Å². The third kappa shape index (κ3) is 4.85. The third-order valence-electron chi connectivity index (χ3n) is 5.72. The second-order valence-electron chi connectivity index (χ2n) is 7.71. The van der Waals surface area contributed by atoms with E-state index >= 15 is 0 Å². The number of urea groups is 1. The van der Waals surface area contributed by atoms with E-state index in [-0.39, 0.29) is 35.7 Å². The Bertz CT molecular complexity index is 722. The van der Waals surface area contributed by atoms with Crippen molar-refractivity contribution >= 4 is 29.4 Å².